The SMILES string of the molecule is CC/C=C\C/C=C\C/C=C\CCCCCCCCCC(=O)OC(CO)COP(=O)(O)OCC(CO)OC(=O)CCCCCCCCCCCCCCCCCCCCCC. The van der Waals surface area contributed by atoms with Gasteiger partial charge in [0.25, 0.3) is 0 Å². The second-order valence-electron chi connectivity index (χ2n) is 16.4. The number of allylic oxidation sites excluding steroid dienone is 6. The van der Waals surface area contributed by atoms with E-state index in [0.29, 0.717) is 12.8 Å². The molecule has 0 saturated heterocycles. The number of carbonyl (C=O) groups is 2. The van der Waals surface area contributed by atoms with E-state index in [0.717, 1.165) is 70.6 Å². The standard InChI is InChI=1S/C49H91O10P/c1-3-5-7-9-11-13-15-17-19-21-22-23-25-27-29-31-33-35-37-39-41-49(53)59-47(43-51)45-57-60(54,55)56-44-46(42-50)58-48(52)40-38-36-34-32-30-28-26-24-20-18-16-14-12-10-8-6-4-2/h6,8,12,14,18,20,46-47,50-51H,3-5,7,9-11,13,15-17,19,21-45H2,1-2H3,(H,54,55)/b8-6-,14-12-,20-18-. The number of phosphoric ester groups is 1. The monoisotopic (exact) mass is 871 g/mol. The Morgan fingerprint density at radius 1 is 0.467 bits per heavy atom. The fourth-order valence-corrected chi connectivity index (χ4v) is 7.68. The summed E-state index contributed by atoms with van der Waals surface area (Å²) in [5, 5.41) is 19.2. The fraction of sp³-hybridized carbons (Fsp3) is 0.837. The molecular weight excluding hydrogens is 780 g/mol. The molecule has 0 saturated carbocycles. The second kappa shape index (κ2) is 45.2. The van der Waals surface area contributed by atoms with Crippen molar-refractivity contribution >= 4 is 19.8 Å². The van der Waals surface area contributed by atoms with E-state index in [-0.39, 0.29) is 12.8 Å². The highest BCUT2D eigenvalue weighted by Crippen LogP contribution is 2.43. The van der Waals surface area contributed by atoms with Crippen molar-refractivity contribution in [2.75, 3.05) is 26.4 Å². The number of ether oxygens (including phenoxy) is 2. The van der Waals surface area contributed by atoms with Crippen LogP contribution in [0, 0.1) is 0 Å². The zero-order valence-electron chi connectivity index (χ0n) is 38.4. The van der Waals surface area contributed by atoms with Crippen LogP contribution < -0.4 is 0 Å². The third-order valence-electron chi connectivity index (χ3n) is 10.6. The van der Waals surface area contributed by atoms with Crippen molar-refractivity contribution in [2.45, 2.75) is 238 Å². The lowest BCUT2D eigenvalue weighted by Crippen LogP contribution is -2.28. The van der Waals surface area contributed by atoms with Crippen LogP contribution in [0.15, 0.2) is 36.5 Å². The molecule has 0 aliphatic carbocycles. The number of carbonyl (C=O) groups excluding carboxylic acids is 2. The molecule has 3 atom stereocenters. The van der Waals surface area contributed by atoms with E-state index in [1.54, 1.807) is 0 Å². The molecule has 0 radical (unpaired) electrons. The van der Waals surface area contributed by atoms with Crippen molar-refractivity contribution in [2.24, 2.45) is 0 Å². The topological polar surface area (TPSA) is 149 Å². The molecule has 3 N–H and O–H groups in total. The van der Waals surface area contributed by atoms with Crippen molar-refractivity contribution in [3.05, 3.63) is 36.5 Å². The highest BCUT2D eigenvalue weighted by atomic mass is 31.2. The van der Waals surface area contributed by atoms with E-state index in [2.05, 4.69) is 50.3 Å². The second-order valence-corrected chi connectivity index (χ2v) is 17.9. The molecule has 0 rings (SSSR count). The summed E-state index contributed by atoms with van der Waals surface area (Å²) in [4.78, 5) is 34.6. The van der Waals surface area contributed by atoms with Gasteiger partial charge >= 0.3 is 19.8 Å². The van der Waals surface area contributed by atoms with E-state index >= 15 is 0 Å². The maximum atomic E-state index is 12.4. The minimum Gasteiger partial charge on any atom is -0.457 e. The molecule has 0 fully saturated rings. The predicted octanol–water partition coefficient (Wildman–Crippen LogP) is 13.5. The number of phosphoric acid groups is 1. The van der Waals surface area contributed by atoms with Crippen molar-refractivity contribution in [1.29, 1.82) is 0 Å². The summed E-state index contributed by atoms with van der Waals surface area (Å²) in [5.74, 6) is -1.02. The van der Waals surface area contributed by atoms with Gasteiger partial charge in [0.2, 0.25) is 0 Å². The first-order valence-corrected chi connectivity index (χ1v) is 25.9. The Bertz CT molecular complexity index is 1090. The zero-order chi connectivity index (χ0) is 44.0. The van der Waals surface area contributed by atoms with Gasteiger partial charge in [-0.25, -0.2) is 4.57 Å². The quantitative estimate of drug-likeness (QED) is 0.0234. The highest BCUT2D eigenvalue weighted by molar-refractivity contribution is 7.47. The summed E-state index contributed by atoms with van der Waals surface area (Å²) in [7, 11) is -4.64. The summed E-state index contributed by atoms with van der Waals surface area (Å²) >= 11 is 0. The van der Waals surface area contributed by atoms with Crippen LogP contribution in [0.25, 0.3) is 0 Å². The minimum atomic E-state index is -4.64. The van der Waals surface area contributed by atoms with Crippen molar-refractivity contribution < 1.29 is 47.8 Å². The third kappa shape index (κ3) is 42.9. The average Bonchev–Trinajstić information content (AvgIpc) is 3.24. The number of hydrogen-bond acceptors (Lipinski definition) is 9. The van der Waals surface area contributed by atoms with E-state index in [9.17, 15) is 29.3 Å². The molecule has 0 aliphatic rings. The normalized spacial score (nSPS) is 14.0. The van der Waals surface area contributed by atoms with Crippen molar-refractivity contribution in [3.63, 3.8) is 0 Å². The molecule has 11 heteroatoms. The molecule has 0 heterocycles. The lowest BCUT2D eigenvalue weighted by Gasteiger charge is -2.20. The lowest BCUT2D eigenvalue weighted by molar-refractivity contribution is -0.153. The van der Waals surface area contributed by atoms with Gasteiger partial charge < -0.3 is 24.6 Å². The highest BCUT2D eigenvalue weighted by Gasteiger charge is 2.27. The van der Waals surface area contributed by atoms with Gasteiger partial charge in [-0.1, -0.05) is 204 Å². The van der Waals surface area contributed by atoms with Crippen molar-refractivity contribution in [3.8, 4) is 0 Å². The summed E-state index contributed by atoms with van der Waals surface area (Å²) < 4.78 is 32.7. The molecule has 0 spiro atoms. The van der Waals surface area contributed by atoms with Crippen LogP contribution in [0.2, 0.25) is 0 Å². The maximum absolute atomic E-state index is 12.4. The Labute approximate surface area is 367 Å². The van der Waals surface area contributed by atoms with Gasteiger partial charge in [0.05, 0.1) is 26.4 Å². The molecule has 10 nitrogen and oxygen atoms in total. The number of rotatable bonds is 46. The van der Waals surface area contributed by atoms with Crippen LogP contribution in [-0.2, 0) is 32.7 Å². The molecule has 0 aromatic carbocycles. The average molecular weight is 871 g/mol. The molecule has 0 amide bonds. The Balaban J connectivity index is 3.84. The van der Waals surface area contributed by atoms with Gasteiger partial charge in [-0.05, 0) is 44.9 Å². The van der Waals surface area contributed by atoms with E-state index in [1.807, 2.05) is 0 Å². The van der Waals surface area contributed by atoms with Crippen LogP contribution in [0.3, 0.4) is 0 Å². The first kappa shape index (κ1) is 58.2. The lowest BCUT2D eigenvalue weighted by atomic mass is 10.0. The van der Waals surface area contributed by atoms with Gasteiger partial charge in [0, 0.05) is 12.8 Å². The van der Waals surface area contributed by atoms with Gasteiger partial charge in [-0.2, -0.15) is 0 Å². The minimum absolute atomic E-state index is 0.182. The van der Waals surface area contributed by atoms with Crippen LogP contribution in [0.5, 0.6) is 0 Å². The van der Waals surface area contributed by atoms with E-state index < -0.39 is 58.4 Å². The first-order valence-electron chi connectivity index (χ1n) is 24.4. The van der Waals surface area contributed by atoms with Crippen LogP contribution in [-0.4, -0.2) is 65.7 Å². The molecule has 352 valence electrons. The van der Waals surface area contributed by atoms with Gasteiger partial charge in [0.15, 0.2) is 0 Å². The molecular formula is C49H91O10P. The summed E-state index contributed by atoms with van der Waals surface area (Å²) in [6.07, 6.45) is 48.3. The van der Waals surface area contributed by atoms with E-state index in [1.165, 1.54) is 116 Å². The molecule has 3 unspecified atom stereocenters. The largest absolute Gasteiger partial charge is 0.472 e. The van der Waals surface area contributed by atoms with Crippen LogP contribution >= 0.6 is 7.82 Å². The Kier molecular flexibility index (Phi) is 43.9. The zero-order valence-corrected chi connectivity index (χ0v) is 39.3. The molecule has 0 bridgehead atoms. The summed E-state index contributed by atoms with van der Waals surface area (Å²) in [6, 6.07) is 0. The summed E-state index contributed by atoms with van der Waals surface area (Å²) in [6.45, 7) is 2.12. The number of esters is 2. The number of hydrogen-bond donors (Lipinski definition) is 3. The smallest absolute Gasteiger partial charge is 0.457 e. The summed E-state index contributed by atoms with van der Waals surface area (Å²) in [5.41, 5.74) is 0. The van der Waals surface area contributed by atoms with Crippen molar-refractivity contribution in [1.82, 2.24) is 0 Å². The third-order valence-corrected chi connectivity index (χ3v) is 11.6. The van der Waals surface area contributed by atoms with Crippen LogP contribution in [0.1, 0.15) is 226 Å². The number of aliphatic hydroxyl groups excluding tert-OH is 2. The Hall–Kier alpha value is -1.81. The fourth-order valence-electron chi connectivity index (χ4n) is 6.90. The number of aliphatic hydroxyl groups is 2. The molecule has 0 aromatic heterocycles. The molecule has 0 aromatic rings. The first-order chi connectivity index (χ1) is 29.3. The molecule has 60 heavy (non-hydrogen) atoms. The Morgan fingerprint density at radius 3 is 1.13 bits per heavy atom. The van der Waals surface area contributed by atoms with Gasteiger partial charge in [-0.3, -0.25) is 18.6 Å². The van der Waals surface area contributed by atoms with Crippen LogP contribution in [0.4, 0.5) is 0 Å². The number of unbranched alkanes of at least 4 members (excludes halogenated alkanes) is 26. The Morgan fingerprint density at radius 2 is 0.783 bits per heavy atom. The predicted molar refractivity (Wildman–Crippen MR) is 247 cm³/mol. The van der Waals surface area contributed by atoms with Gasteiger partial charge in [0.1, 0.15) is 12.2 Å². The van der Waals surface area contributed by atoms with Gasteiger partial charge in [-0.15, -0.1) is 0 Å². The molecule has 0 aliphatic heterocycles. The maximum Gasteiger partial charge on any atom is 0.472 e. The van der Waals surface area contributed by atoms with E-state index in [4.69, 9.17) is 18.5 Å².